The van der Waals surface area contributed by atoms with Gasteiger partial charge in [-0.2, -0.15) is 10.4 Å². The Balaban J connectivity index is 1.84. The number of rotatable bonds is 3. The maximum Gasteiger partial charge on any atom is 0.222 e. The summed E-state index contributed by atoms with van der Waals surface area (Å²) in [6.07, 6.45) is 4.93. The van der Waals surface area contributed by atoms with Crippen molar-refractivity contribution in [2.75, 3.05) is 13.1 Å². The van der Waals surface area contributed by atoms with Crippen LogP contribution in [0.25, 0.3) is 5.65 Å². The smallest absolute Gasteiger partial charge is 0.222 e. The molecule has 0 N–H and O–H groups in total. The van der Waals surface area contributed by atoms with Crippen LogP contribution in [0.2, 0.25) is 0 Å². The van der Waals surface area contributed by atoms with Crippen molar-refractivity contribution in [1.29, 1.82) is 5.26 Å². The van der Waals surface area contributed by atoms with E-state index < -0.39 is 0 Å². The van der Waals surface area contributed by atoms with Crippen LogP contribution in [-0.2, 0) is 11.2 Å². The maximum absolute atomic E-state index is 12.2. The van der Waals surface area contributed by atoms with E-state index in [-0.39, 0.29) is 5.91 Å². The number of carbonyl (C=O) groups excluding carboxylic acids is 1. The molecule has 0 aliphatic carbocycles. The number of aryl methyl sites for hydroxylation is 2. The molecule has 0 unspecified atom stereocenters. The van der Waals surface area contributed by atoms with Crippen LogP contribution in [0, 0.1) is 25.2 Å². The fourth-order valence-corrected chi connectivity index (χ4v) is 3.11. The third-order valence-corrected chi connectivity index (χ3v) is 4.38. The Hall–Kier alpha value is -2.42. The molecule has 3 heterocycles. The predicted octanol–water partition coefficient (Wildman–Crippen LogP) is 1.77. The van der Waals surface area contributed by atoms with E-state index in [1.54, 1.807) is 4.52 Å². The minimum absolute atomic E-state index is 0.217. The zero-order chi connectivity index (χ0) is 15.7. The molecule has 0 atom stereocenters. The number of nitrogens with zero attached hydrogens (tertiary/aromatic N) is 5. The van der Waals surface area contributed by atoms with Crippen molar-refractivity contribution >= 4 is 11.6 Å². The number of hydrogen-bond acceptors (Lipinski definition) is 4. The monoisotopic (exact) mass is 297 g/mol. The number of nitriles is 1. The molecule has 22 heavy (non-hydrogen) atoms. The lowest BCUT2D eigenvalue weighted by molar-refractivity contribution is -0.130. The van der Waals surface area contributed by atoms with E-state index in [0.29, 0.717) is 24.1 Å². The molecule has 1 amide bonds. The molecule has 0 saturated carbocycles. The lowest BCUT2D eigenvalue weighted by Crippen LogP contribution is -2.28. The highest BCUT2D eigenvalue weighted by molar-refractivity contribution is 5.76. The molecule has 0 aromatic carbocycles. The number of fused-ring (bicyclic) bond motifs is 1. The van der Waals surface area contributed by atoms with Crippen molar-refractivity contribution in [3.05, 3.63) is 28.7 Å². The van der Waals surface area contributed by atoms with Crippen LogP contribution in [0.1, 0.15) is 41.8 Å². The number of hydrogen-bond donors (Lipinski definition) is 0. The molecule has 6 heteroatoms. The van der Waals surface area contributed by atoms with Crippen LogP contribution in [0.5, 0.6) is 0 Å². The minimum Gasteiger partial charge on any atom is -0.343 e. The highest BCUT2D eigenvalue weighted by Crippen LogP contribution is 2.19. The number of aromatic nitrogens is 3. The van der Waals surface area contributed by atoms with E-state index in [2.05, 4.69) is 16.2 Å². The standard InChI is InChI=1S/C16H19N5O/c1-11-14(5-6-15(22)20-7-3-4-8-20)12(2)21-16(19-11)13(9-17)10-18-21/h10H,3-8H2,1-2H3. The third kappa shape index (κ3) is 2.43. The molecule has 2 aromatic rings. The largest absolute Gasteiger partial charge is 0.343 e. The molecule has 114 valence electrons. The van der Waals surface area contributed by atoms with Gasteiger partial charge < -0.3 is 4.90 Å². The molecule has 6 nitrogen and oxygen atoms in total. The van der Waals surface area contributed by atoms with E-state index in [1.165, 1.54) is 6.20 Å². The van der Waals surface area contributed by atoms with Gasteiger partial charge in [-0.3, -0.25) is 4.79 Å². The van der Waals surface area contributed by atoms with Crippen molar-refractivity contribution in [3.63, 3.8) is 0 Å². The van der Waals surface area contributed by atoms with Gasteiger partial charge in [0.25, 0.3) is 0 Å². The molecule has 0 radical (unpaired) electrons. The summed E-state index contributed by atoms with van der Waals surface area (Å²) in [6.45, 7) is 5.67. The minimum atomic E-state index is 0.217. The lowest BCUT2D eigenvalue weighted by Gasteiger charge is -2.16. The quantitative estimate of drug-likeness (QED) is 0.865. The van der Waals surface area contributed by atoms with E-state index >= 15 is 0 Å². The van der Waals surface area contributed by atoms with Gasteiger partial charge in [0.1, 0.15) is 11.6 Å². The van der Waals surface area contributed by atoms with Crippen LogP contribution < -0.4 is 0 Å². The maximum atomic E-state index is 12.2. The second kappa shape index (κ2) is 5.76. The number of carbonyl (C=O) groups is 1. The van der Waals surface area contributed by atoms with Gasteiger partial charge in [0, 0.05) is 30.9 Å². The van der Waals surface area contributed by atoms with Crippen molar-refractivity contribution in [1.82, 2.24) is 19.5 Å². The second-order valence-electron chi connectivity index (χ2n) is 5.75. The van der Waals surface area contributed by atoms with E-state index in [9.17, 15) is 4.79 Å². The molecule has 0 bridgehead atoms. The van der Waals surface area contributed by atoms with Gasteiger partial charge in [-0.05, 0) is 38.7 Å². The summed E-state index contributed by atoms with van der Waals surface area (Å²) in [5, 5.41) is 13.3. The Kier molecular flexibility index (Phi) is 3.80. The average Bonchev–Trinajstić information content (AvgIpc) is 3.15. The van der Waals surface area contributed by atoms with Crippen LogP contribution in [0.4, 0.5) is 0 Å². The normalized spacial score (nSPS) is 14.5. The summed E-state index contributed by atoms with van der Waals surface area (Å²) in [6, 6.07) is 2.10. The van der Waals surface area contributed by atoms with Crippen LogP contribution in [-0.4, -0.2) is 38.5 Å². The Bertz CT molecular complexity index is 765. The molecular formula is C16H19N5O. The van der Waals surface area contributed by atoms with Gasteiger partial charge in [-0.25, -0.2) is 9.50 Å². The molecule has 2 aromatic heterocycles. The second-order valence-corrected chi connectivity index (χ2v) is 5.75. The Labute approximate surface area is 129 Å². The Morgan fingerprint density at radius 3 is 2.77 bits per heavy atom. The molecule has 1 fully saturated rings. The zero-order valence-corrected chi connectivity index (χ0v) is 13.0. The van der Waals surface area contributed by atoms with Crippen LogP contribution in [0.15, 0.2) is 6.20 Å². The first-order chi connectivity index (χ1) is 10.6. The third-order valence-electron chi connectivity index (χ3n) is 4.38. The average molecular weight is 297 g/mol. The predicted molar refractivity (Wildman–Crippen MR) is 81.3 cm³/mol. The van der Waals surface area contributed by atoms with Gasteiger partial charge >= 0.3 is 0 Å². The Morgan fingerprint density at radius 1 is 1.36 bits per heavy atom. The van der Waals surface area contributed by atoms with Gasteiger partial charge in [0.2, 0.25) is 5.91 Å². The summed E-state index contributed by atoms with van der Waals surface area (Å²) >= 11 is 0. The first-order valence-electron chi connectivity index (χ1n) is 7.63. The van der Waals surface area contributed by atoms with E-state index in [4.69, 9.17) is 5.26 Å². The first-order valence-corrected chi connectivity index (χ1v) is 7.63. The van der Waals surface area contributed by atoms with Crippen molar-refractivity contribution in [2.45, 2.75) is 39.5 Å². The highest BCUT2D eigenvalue weighted by Gasteiger charge is 2.19. The Morgan fingerprint density at radius 2 is 2.09 bits per heavy atom. The fraction of sp³-hybridized carbons (Fsp3) is 0.500. The highest BCUT2D eigenvalue weighted by atomic mass is 16.2. The molecule has 3 rings (SSSR count). The summed E-state index contributed by atoms with van der Waals surface area (Å²) in [7, 11) is 0. The number of amides is 1. The molecule has 1 saturated heterocycles. The molecule has 0 spiro atoms. The van der Waals surface area contributed by atoms with Crippen molar-refractivity contribution < 1.29 is 4.79 Å². The van der Waals surface area contributed by atoms with Crippen molar-refractivity contribution in [3.8, 4) is 6.07 Å². The SMILES string of the molecule is Cc1nc2c(C#N)cnn2c(C)c1CCC(=O)N1CCCC1. The zero-order valence-electron chi connectivity index (χ0n) is 13.0. The van der Waals surface area contributed by atoms with E-state index in [0.717, 1.165) is 42.9 Å². The molecule has 1 aliphatic heterocycles. The first kappa shape index (κ1) is 14.5. The summed E-state index contributed by atoms with van der Waals surface area (Å²) < 4.78 is 1.70. The fourth-order valence-electron chi connectivity index (χ4n) is 3.11. The number of likely N-dealkylation sites (tertiary alicyclic amines) is 1. The molecule has 1 aliphatic rings. The van der Waals surface area contributed by atoms with Gasteiger partial charge in [-0.15, -0.1) is 0 Å². The van der Waals surface area contributed by atoms with Crippen molar-refractivity contribution in [2.24, 2.45) is 0 Å². The van der Waals surface area contributed by atoms with Gasteiger partial charge in [-0.1, -0.05) is 0 Å². The van der Waals surface area contributed by atoms with E-state index in [1.807, 2.05) is 18.7 Å². The van der Waals surface area contributed by atoms with Gasteiger partial charge in [0.05, 0.1) is 6.20 Å². The molecular weight excluding hydrogens is 278 g/mol. The topological polar surface area (TPSA) is 74.3 Å². The van der Waals surface area contributed by atoms with Crippen LogP contribution >= 0.6 is 0 Å². The van der Waals surface area contributed by atoms with Crippen LogP contribution in [0.3, 0.4) is 0 Å². The van der Waals surface area contributed by atoms with Gasteiger partial charge in [0.15, 0.2) is 5.65 Å². The summed E-state index contributed by atoms with van der Waals surface area (Å²) in [5.41, 5.74) is 3.94. The summed E-state index contributed by atoms with van der Waals surface area (Å²) in [4.78, 5) is 18.6. The lowest BCUT2D eigenvalue weighted by atomic mass is 10.1. The summed E-state index contributed by atoms with van der Waals surface area (Å²) in [5.74, 6) is 0.217.